The predicted molar refractivity (Wildman–Crippen MR) is 99.2 cm³/mol. The Hall–Kier alpha value is -1.90. The first-order chi connectivity index (χ1) is 11.9. The molecular formula is C21H30O4. The minimum atomic E-state index is -1.78. The van der Waals surface area contributed by atoms with Gasteiger partial charge in [0.2, 0.25) is 0 Å². The molecule has 138 valence electrons. The Labute approximate surface area is 150 Å². The topological polar surface area (TPSA) is 74.6 Å². The fourth-order valence-corrected chi connectivity index (χ4v) is 2.69. The van der Waals surface area contributed by atoms with Gasteiger partial charge in [0.05, 0.1) is 0 Å². The Morgan fingerprint density at radius 2 is 2.08 bits per heavy atom. The fourth-order valence-electron chi connectivity index (χ4n) is 2.69. The molecule has 1 aliphatic rings. The zero-order valence-electron chi connectivity index (χ0n) is 15.3. The molecule has 0 radical (unpaired) electrons. The van der Waals surface area contributed by atoms with Crippen molar-refractivity contribution in [3.63, 3.8) is 0 Å². The van der Waals surface area contributed by atoms with Gasteiger partial charge in [-0.15, -0.1) is 5.73 Å². The van der Waals surface area contributed by atoms with E-state index in [-0.39, 0.29) is 24.0 Å². The third kappa shape index (κ3) is 7.68. The van der Waals surface area contributed by atoms with E-state index in [4.69, 9.17) is 5.11 Å². The van der Waals surface area contributed by atoms with Gasteiger partial charge in [-0.25, -0.2) is 4.79 Å². The smallest absolute Gasteiger partial charge is 0.335 e. The molecule has 0 amide bonds. The number of carboxylic acid groups (broad SMARTS) is 1. The molecule has 1 aliphatic carbocycles. The maximum absolute atomic E-state index is 12.0. The lowest BCUT2D eigenvalue weighted by atomic mass is 9.91. The monoisotopic (exact) mass is 346 g/mol. The van der Waals surface area contributed by atoms with Gasteiger partial charge >= 0.3 is 5.97 Å². The van der Waals surface area contributed by atoms with Crippen molar-refractivity contribution < 1.29 is 19.8 Å². The van der Waals surface area contributed by atoms with E-state index < -0.39 is 11.6 Å². The second kappa shape index (κ2) is 10.9. The van der Waals surface area contributed by atoms with Gasteiger partial charge in [0.15, 0.2) is 11.4 Å². The quantitative estimate of drug-likeness (QED) is 0.334. The van der Waals surface area contributed by atoms with Crippen LogP contribution in [0.2, 0.25) is 0 Å². The van der Waals surface area contributed by atoms with Crippen LogP contribution < -0.4 is 0 Å². The minimum absolute atomic E-state index is 0.0171. The molecule has 1 rings (SSSR count). The number of ketones is 1. The highest BCUT2D eigenvalue weighted by Gasteiger charge is 2.28. The zero-order chi connectivity index (χ0) is 18.7. The summed E-state index contributed by atoms with van der Waals surface area (Å²) in [5, 5.41) is 18.4. The van der Waals surface area contributed by atoms with E-state index in [0.29, 0.717) is 6.42 Å². The summed E-state index contributed by atoms with van der Waals surface area (Å²) in [6.45, 7) is 3.44. The highest BCUT2D eigenvalue weighted by Crippen LogP contribution is 2.27. The summed E-state index contributed by atoms with van der Waals surface area (Å²) < 4.78 is 0. The van der Waals surface area contributed by atoms with E-state index in [9.17, 15) is 14.7 Å². The van der Waals surface area contributed by atoms with Crippen molar-refractivity contribution >= 4 is 11.8 Å². The van der Waals surface area contributed by atoms with Gasteiger partial charge in [-0.1, -0.05) is 44.4 Å². The Morgan fingerprint density at radius 1 is 1.32 bits per heavy atom. The van der Waals surface area contributed by atoms with Crippen molar-refractivity contribution in [2.45, 2.75) is 64.4 Å². The van der Waals surface area contributed by atoms with Crippen molar-refractivity contribution in [3.05, 3.63) is 42.2 Å². The summed E-state index contributed by atoms with van der Waals surface area (Å²) in [5.41, 5.74) is 1.09. The van der Waals surface area contributed by atoms with Gasteiger partial charge in [-0.05, 0) is 44.4 Å². The number of hydrogen-bond acceptors (Lipinski definition) is 3. The van der Waals surface area contributed by atoms with Gasteiger partial charge in [-0.2, -0.15) is 0 Å². The first-order valence-corrected chi connectivity index (χ1v) is 9.12. The molecule has 0 aromatic heterocycles. The molecule has 0 aliphatic heterocycles. The van der Waals surface area contributed by atoms with Crippen LogP contribution in [0.15, 0.2) is 42.2 Å². The van der Waals surface area contributed by atoms with Gasteiger partial charge in [0.25, 0.3) is 0 Å². The van der Waals surface area contributed by atoms with Crippen molar-refractivity contribution in [1.82, 2.24) is 0 Å². The number of carbonyl (C=O) groups excluding carboxylic acids is 1. The molecule has 0 spiro atoms. The summed E-state index contributed by atoms with van der Waals surface area (Å²) >= 11 is 0. The van der Waals surface area contributed by atoms with Crippen molar-refractivity contribution in [2.24, 2.45) is 11.8 Å². The van der Waals surface area contributed by atoms with Crippen molar-refractivity contribution in [3.8, 4) is 0 Å². The van der Waals surface area contributed by atoms with Gasteiger partial charge < -0.3 is 10.2 Å². The molecule has 0 fully saturated rings. The number of allylic oxidation sites excluding steroid dienone is 4. The number of unbranched alkanes of at least 4 members (excludes halogenated alkanes) is 4. The molecule has 25 heavy (non-hydrogen) atoms. The Balaban J connectivity index is 2.47. The maximum Gasteiger partial charge on any atom is 0.335 e. The van der Waals surface area contributed by atoms with E-state index in [1.807, 2.05) is 6.08 Å². The summed E-state index contributed by atoms with van der Waals surface area (Å²) in [4.78, 5) is 22.8. The highest BCUT2D eigenvalue weighted by atomic mass is 16.4. The van der Waals surface area contributed by atoms with Crippen LogP contribution in [0.5, 0.6) is 0 Å². The highest BCUT2D eigenvalue weighted by molar-refractivity contribution is 5.95. The Bertz CT molecular complexity index is 562. The number of aliphatic carboxylic acids is 1. The van der Waals surface area contributed by atoms with E-state index in [0.717, 1.165) is 6.42 Å². The van der Waals surface area contributed by atoms with E-state index in [2.05, 4.69) is 24.8 Å². The Morgan fingerprint density at radius 3 is 2.76 bits per heavy atom. The summed E-state index contributed by atoms with van der Waals surface area (Å²) in [5.74, 6) is -1.12. The molecule has 1 unspecified atom stereocenters. The van der Waals surface area contributed by atoms with Crippen molar-refractivity contribution in [2.75, 3.05) is 0 Å². The second-order valence-corrected chi connectivity index (χ2v) is 6.82. The molecule has 0 aromatic carbocycles. The average molecular weight is 346 g/mol. The molecule has 0 saturated heterocycles. The van der Waals surface area contributed by atoms with Crippen LogP contribution in [0.3, 0.4) is 0 Å². The van der Waals surface area contributed by atoms with Gasteiger partial charge in [0, 0.05) is 18.3 Å². The van der Waals surface area contributed by atoms with Gasteiger partial charge in [0.1, 0.15) is 0 Å². The lowest BCUT2D eigenvalue weighted by Gasteiger charge is -2.14. The zero-order valence-corrected chi connectivity index (χ0v) is 15.3. The normalized spacial score (nSPS) is 22.0. The van der Waals surface area contributed by atoms with Crippen LogP contribution in [0.4, 0.5) is 0 Å². The van der Waals surface area contributed by atoms with Crippen molar-refractivity contribution in [1.29, 1.82) is 0 Å². The Kier molecular flexibility index (Phi) is 9.18. The number of aliphatic hydroxyl groups is 1. The third-order valence-electron chi connectivity index (χ3n) is 4.46. The van der Waals surface area contributed by atoms with E-state index in [1.165, 1.54) is 38.7 Å². The standard InChI is InChI=1S/C21H30O4/c1-3-4-5-6-7-9-12-17-14-15-19(22)18(17)13-10-8-11-16-21(2,25)20(23)24/h9-12,14-15,17-18,25H,3-7,13,16H2,1-2H3,(H,23,24)/t8?,17-,18+,21?/m0/s1. The molecule has 0 heterocycles. The van der Waals surface area contributed by atoms with Crippen LogP contribution >= 0.6 is 0 Å². The van der Waals surface area contributed by atoms with Crippen LogP contribution in [-0.4, -0.2) is 27.6 Å². The van der Waals surface area contributed by atoms with Crippen LogP contribution in [0.25, 0.3) is 0 Å². The molecule has 4 heteroatoms. The lowest BCUT2D eigenvalue weighted by Crippen LogP contribution is -2.33. The maximum atomic E-state index is 12.0. The first kappa shape index (κ1) is 21.1. The summed E-state index contributed by atoms with van der Waals surface area (Å²) in [6, 6.07) is 0. The van der Waals surface area contributed by atoms with E-state index >= 15 is 0 Å². The average Bonchev–Trinajstić information content (AvgIpc) is 2.90. The molecule has 3 atom stereocenters. The lowest BCUT2D eigenvalue weighted by molar-refractivity contribution is -0.156. The number of carbonyl (C=O) groups is 2. The third-order valence-corrected chi connectivity index (χ3v) is 4.46. The molecule has 0 bridgehead atoms. The summed E-state index contributed by atoms with van der Waals surface area (Å²) in [6.07, 6.45) is 17.6. The molecular weight excluding hydrogens is 316 g/mol. The molecule has 0 aromatic rings. The number of hydrogen-bond donors (Lipinski definition) is 2. The minimum Gasteiger partial charge on any atom is -0.479 e. The van der Waals surface area contributed by atoms with Crippen LogP contribution in [0, 0.1) is 11.8 Å². The fraction of sp³-hybridized carbons (Fsp3) is 0.571. The molecule has 4 nitrogen and oxygen atoms in total. The van der Waals surface area contributed by atoms with Crippen LogP contribution in [-0.2, 0) is 9.59 Å². The number of rotatable bonds is 11. The SMILES string of the molecule is CCCCCCC=C[C@H]1C=CC(=O)[C@@H]1CC=C=CCC(C)(O)C(=O)O. The summed E-state index contributed by atoms with van der Waals surface area (Å²) in [7, 11) is 0. The largest absolute Gasteiger partial charge is 0.479 e. The van der Waals surface area contributed by atoms with Crippen LogP contribution in [0.1, 0.15) is 58.8 Å². The molecule has 2 N–H and O–H groups in total. The first-order valence-electron chi connectivity index (χ1n) is 9.12. The second-order valence-electron chi connectivity index (χ2n) is 6.82. The van der Waals surface area contributed by atoms with Gasteiger partial charge in [-0.3, -0.25) is 4.79 Å². The predicted octanol–water partition coefficient (Wildman–Crippen LogP) is 4.21. The van der Waals surface area contributed by atoms with E-state index in [1.54, 1.807) is 12.2 Å². The molecule has 0 saturated carbocycles. The number of carboxylic acids is 1.